The van der Waals surface area contributed by atoms with E-state index in [0.29, 0.717) is 17.3 Å². The predicted octanol–water partition coefficient (Wildman–Crippen LogP) is 2.32. The van der Waals surface area contributed by atoms with Crippen LogP contribution < -0.4 is 0 Å². The van der Waals surface area contributed by atoms with Gasteiger partial charge in [0.05, 0.1) is 10.3 Å². The number of aliphatic carboxylic acids is 1. The number of nitrogens with zero attached hydrogens (tertiary/aromatic N) is 1. The second kappa shape index (κ2) is 5.46. The van der Waals surface area contributed by atoms with Gasteiger partial charge < -0.3 is 5.11 Å². The number of halogens is 1. The average Bonchev–Trinajstić information content (AvgIpc) is 2.39. The van der Waals surface area contributed by atoms with E-state index >= 15 is 0 Å². The van der Waals surface area contributed by atoms with Crippen molar-refractivity contribution in [2.75, 3.05) is 13.1 Å². The van der Waals surface area contributed by atoms with Gasteiger partial charge in [0.1, 0.15) is 0 Å². The van der Waals surface area contributed by atoms with Gasteiger partial charge in [-0.3, -0.25) is 4.79 Å². The molecular formula is C13H16BrNO4S. The summed E-state index contributed by atoms with van der Waals surface area (Å²) in [5.41, 5.74) is -0.833. The Hall–Kier alpha value is -0.920. The molecule has 0 saturated carbocycles. The lowest BCUT2D eigenvalue weighted by Crippen LogP contribution is -2.45. The fraction of sp³-hybridized carbons (Fsp3) is 0.462. The molecule has 0 unspecified atom stereocenters. The molecule has 1 heterocycles. The summed E-state index contributed by atoms with van der Waals surface area (Å²) in [7, 11) is -3.58. The third-order valence-electron chi connectivity index (χ3n) is 3.80. The van der Waals surface area contributed by atoms with Crippen molar-refractivity contribution in [3.05, 3.63) is 28.7 Å². The van der Waals surface area contributed by atoms with Crippen molar-refractivity contribution in [1.29, 1.82) is 0 Å². The fourth-order valence-corrected chi connectivity index (χ4v) is 4.63. The van der Waals surface area contributed by atoms with Crippen molar-refractivity contribution >= 4 is 31.9 Å². The summed E-state index contributed by atoms with van der Waals surface area (Å²) >= 11 is 3.24. The van der Waals surface area contributed by atoms with Crippen molar-refractivity contribution in [2.45, 2.75) is 24.7 Å². The number of rotatable bonds is 3. The van der Waals surface area contributed by atoms with Gasteiger partial charge in [-0.15, -0.1) is 0 Å². The number of sulfonamides is 1. The van der Waals surface area contributed by atoms with Crippen LogP contribution in [0.3, 0.4) is 0 Å². The van der Waals surface area contributed by atoms with Gasteiger partial charge in [-0.25, -0.2) is 8.42 Å². The first-order valence-corrected chi connectivity index (χ1v) is 8.49. The number of carboxylic acids is 1. The number of piperidine rings is 1. The predicted molar refractivity (Wildman–Crippen MR) is 77.9 cm³/mol. The standard InChI is InChI=1S/C13H16BrNO4S/c1-13(12(16)17)6-8-15(9-7-13)20(18,19)11-5-3-2-4-10(11)14/h2-5H,6-9H2,1H3,(H,16,17). The summed E-state index contributed by atoms with van der Waals surface area (Å²) < 4.78 is 27.0. The highest BCUT2D eigenvalue weighted by molar-refractivity contribution is 9.10. The van der Waals surface area contributed by atoms with Crippen molar-refractivity contribution < 1.29 is 18.3 Å². The SMILES string of the molecule is CC1(C(=O)O)CCN(S(=O)(=O)c2ccccc2Br)CC1. The summed E-state index contributed by atoms with van der Waals surface area (Å²) in [4.78, 5) is 11.4. The third-order valence-corrected chi connectivity index (χ3v) is 6.71. The topological polar surface area (TPSA) is 74.7 Å². The fourth-order valence-electron chi connectivity index (χ4n) is 2.23. The highest BCUT2D eigenvalue weighted by Crippen LogP contribution is 2.34. The lowest BCUT2D eigenvalue weighted by molar-refractivity contribution is -0.150. The Bertz CT molecular complexity index is 621. The van der Waals surface area contributed by atoms with E-state index in [1.54, 1.807) is 31.2 Å². The van der Waals surface area contributed by atoms with E-state index in [-0.39, 0.29) is 18.0 Å². The van der Waals surface area contributed by atoms with Gasteiger partial charge >= 0.3 is 5.97 Å². The van der Waals surface area contributed by atoms with E-state index in [0.717, 1.165) is 0 Å². The van der Waals surface area contributed by atoms with E-state index < -0.39 is 21.4 Å². The molecule has 0 radical (unpaired) electrons. The van der Waals surface area contributed by atoms with Crippen molar-refractivity contribution in [1.82, 2.24) is 4.31 Å². The Morgan fingerprint density at radius 2 is 1.85 bits per heavy atom. The van der Waals surface area contributed by atoms with Gasteiger partial charge in [0.2, 0.25) is 10.0 Å². The molecule has 1 aliphatic rings. The van der Waals surface area contributed by atoms with Crippen molar-refractivity contribution in [3.63, 3.8) is 0 Å². The van der Waals surface area contributed by atoms with Gasteiger partial charge in [0.15, 0.2) is 0 Å². The molecule has 0 spiro atoms. The lowest BCUT2D eigenvalue weighted by atomic mass is 9.81. The lowest BCUT2D eigenvalue weighted by Gasteiger charge is -2.35. The second-order valence-corrected chi connectivity index (χ2v) is 7.96. The van der Waals surface area contributed by atoms with Crippen molar-refractivity contribution in [2.24, 2.45) is 5.41 Å². The quantitative estimate of drug-likeness (QED) is 0.896. The van der Waals surface area contributed by atoms with Crippen LogP contribution in [0.5, 0.6) is 0 Å². The van der Waals surface area contributed by atoms with Crippen LogP contribution in [-0.4, -0.2) is 36.9 Å². The molecule has 0 bridgehead atoms. The van der Waals surface area contributed by atoms with Crippen LogP contribution in [0, 0.1) is 5.41 Å². The maximum atomic E-state index is 12.5. The maximum Gasteiger partial charge on any atom is 0.309 e. The molecule has 0 atom stereocenters. The minimum atomic E-state index is -3.58. The Balaban J connectivity index is 2.22. The molecule has 1 N–H and O–H groups in total. The number of benzene rings is 1. The van der Waals surface area contributed by atoms with E-state index in [9.17, 15) is 18.3 Å². The maximum absolute atomic E-state index is 12.5. The molecule has 0 aromatic heterocycles. The number of hydrogen-bond acceptors (Lipinski definition) is 3. The van der Waals surface area contributed by atoms with Crippen LogP contribution in [0.1, 0.15) is 19.8 Å². The Kier molecular flexibility index (Phi) is 4.22. The molecule has 1 saturated heterocycles. The first kappa shape index (κ1) is 15.5. The summed E-state index contributed by atoms with van der Waals surface area (Å²) in [5.74, 6) is -0.865. The van der Waals surface area contributed by atoms with Crippen LogP contribution in [0.25, 0.3) is 0 Å². The largest absolute Gasteiger partial charge is 0.481 e. The normalized spacial score (nSPS) is 19.7. The van der Waals surface area contributed by atoms with Gasteiger partial charge in [-0.2, -0.15) is 4.31 Å². The molecule has 1 fully saturated rings. The molecule has 1 aromatic carbocycles. The van der Waals surface area contributed by atoms with E-state index in [1.165, 1.54) is 4.31 Å². The van der Waals surface area contributed by atoms with Gasteiger partial charge in [-0.05, 0) is 47.8 Å². The van der Waals surface area contributed by atoms with Crippen LogP contribution in [0.2, 0.25) is 0 Å². The van der Waals surface area contributed by atoms with Gasteiger partial charge in [0, 0.05) is 17.6 Å². The van der Waals surface area contributed by atoms with E-state index in [4.69, 9.17) is 0 Å². The first-order valence-electron chi connectivity index (χ1n) is 6.25. The summed E-state index contributed by atoms with van der Waals surface area (Å²) in [6.07, 6.45) is 0.651. The van der Waals surface area contributed by atoms with Gasteiger partial charge in [-0.1, -0.05) is 12.1 Å². The zero-order chi connectivity index (χ0) is 15.0. The van der Waals surface area contributed by atoms with Gasteiger partial charge in [0.25, 0.3) is 0 Å². The van der Waals surface area contributed by atoms with Crippen LogP contribution in [0.4, 0.5) is 0 Å². The summed E-state index contributed by atoms with van der Waals surface area (Å²) in [6.45, 7) is 2.12. The molecule has 1 aliphatic heterocycles. The molecule has 2 rings (SSSR count). The minimum absolute atomic E-state index is 0.221. The van der Waals surface area contributed by atoms with E-state index in [1.807, 2.05) is 0 Å². The molecular weight excluding hydrogens is 346 g/mol. The average molecular weight is 362 g/mol. The first-order chi connectivity index (χ1) is 9.27. The number of hydrogen-bond donors (Lipinski definition) is 1. The zero-order valence-electron chi connectivity index (χ0n) is 11.0. The zero-order valence-corrected chi connectivity index (χ0v) is 13.4. The highest BCUT2D eigenvalue weighted by Gasteiger charge is 2.40. The molecule has 7 heteroatoms. The molecule has 0 aliphatic carbocycles. The third kappa shape index (κ3) is 2.75. The smallest absolute Gasteiger partial charge is 0.309 e. The van der Waals surface area contributed by atoms with Crippen LogP contribution >= 0.6 is 15.9 Å². The minimum Gasteiger partial charge on any atom is -0.481 e. The Labute approximate surface area is 126 Å². The van der Waals surface area contributed by atoms with Crippen molar-refractivity contribution in [3.8, 4) is 0 Å². The van der Waals surface area contributed by atoms with E-state index in [2.05, 4.69) is 15.9 Å². The molecule has 20 heavy (non-hydrogen) atoms. The molecule has 5 nitrogen and oxygen atoms in total. The molecule has 1 aromatic rings. The number of carbonyl (C=O) groups is 1. The summed E-state index contributed by atoms with van der Waals surface area (Å²) in [5, 5.41) is 9.17. The Morgan fingerprint density at radius 1 is 1.30 bits per heavy atom. The Morgan fingerprint density at radius 3 is 2.35 bits per heavy atom. The monoisotopic (exact) mass is 361 g/mol. The van der Waals surface area contributed by atoms with Crippen LogP contribution in [0.15, 0.2) is 33.6 Å². The molecule has 110 valence electrons. The second-order valence-electron chi connectivity index (χ2n) is 5.20. The van der Waals surface area contributed by atoms with Crippen LogP contribution in [-0.2, 0) is 14.8 Å². The summed E-state index contributed by atoms with van der Waals surface area (Å²) in [6, 6.07) is 6.65. The number of carboxylic acid groups (broad SMARTS) is 1. The molecule has 0 amide bonds. The highest BCUT2D eigenvalue weighted by atomic mass is 79.9.